The molecule has 0 fully saturated rings. The zero-order valence-electron chi connectivity index (χ0n) is 5.58. The highest BCUT2D eigenvalue weighted by molar-refractivity contribution is 4.65. The Hall–Kier alpha value is -0.340. The quantitative estimate of drug-likeness (QED) is 0.331. The minimum atomic E-state index is -1.13. The van der Waals surface area contributed by atoms with Gasteiger partial charge in [0, 0.05) is 0 Å². The number of aliphatic hydroxyl groups excluding tert-OH is 1. The van der Waals surface area contributed by atoms with Crippen LogP contribution in [0.5, 0.6) is 0 Å². The maximum absolute atomic E-state index is 8.38. The van der Waals surface area contributed by atoms with E-state index in [-0.39, 0.29) is 0 Å². The smallest absolute Gasteiger partial charge is 0.151 e. The number of aliphatic hydroxyl groups is 2. The molecule has 0 unspecified atom stereocenters. The van der Waals surface area contributed by atoms with Crippen LogP contribution in [0.15, 0.2) is 12.7 Å². The van der Waals surface area contributed by atoms with Crippen LogP contribution < -0.4 is 0 Å². The first kappa shape index (κ1) is 8.66. The van der Waals surface area contributed by atoms with Crippen molar-refractivity contribution in [2.24, 2.45) is 0 Å². The van der Waals surface area contributed by atoms with Gasteiger partial charge in [0.1, 0.15) is 0 Å². The van der Waals surface area contributed by atoms with Gasteiger partial charge >= 0.3 is 0 Å². The number of unbranched alkanes of at least 4 members (excludes halogenated alkanes) is 2. The Morgan fingerprint density at radius 3 is 2.44 bits per heavy atom. The van der Waals surface area contributed by atoms with Gasteiger partial charge in [0.15, 0.2) is 6.29 Å². The molecule has 9 heavy (non-hydrogen) atoms. The molecule has 0 aliphatic heterocycles. The number of hydrogen-bond donors (Lipinski definition) is 2. The fourth-order valence-electron chi connectivity index (χ4n) is 0.616. The van der Waals surface area contributed by atoms with E-state index < -0.39 is 6.29 Å². The van der Waals surface area contributed by atoms with Crippen molar-refractivity contribution in [3.8, 4) is 0 Å². The Morgan fingerprint density at radius 2 is 2.00 bits per heavy atom. The highest BCUT2D eigenvalue weighted by Gasteiger charge is 1.94. The van der Waals surface area contributed by atoms with Crippen molar-refractivity contribution in [1.29, 1.82) is 0 Å². The van der Waals surface area contributed by atoms with Gasteiger partial charge in [-0.25, -0.2) is 0 Å². The minimum absolute atomic E-state index is 0.480. The predicted octanol–water partition coefficient (Wildman–Crippen LogP) is 1.04. The van der Waals surface area contributed by atoms with E-state index in [9.17, 15) is 0 Å². The monoisotopic (exact) mass is 130 g/mol. The van der Waals surface area contributed by atoms with Gasteiger partial charge in [0.2, 0.25) is 0 Å². The van der Waals surface area contributed by atoms with Crippen LogP contribution in [0.1, 0.15) is 25.7 Å². The number of hydrogen-bond acceptors (Lipinski definition) is 2. The van der Waals surface area contributed by atoms with Gasteiger partial charge in [-0.3, -0.25) is 0 Å². The maximum Gasteiger partial charge on any atom is 0.151 e. The third-order valence-electron chi connectivity index (χ3n) is 1.12. The molecular formula is C7H14O2. The number of rotatable bonds is 5. The van der Waals surface area contributed by atoms with Crippen molar-refractivity contribution in [2.45, 2.75) is 32.0 Å². The molecular weight excluding hydrogens is 116 g/mol. The summed E-state index contributed by atoms with van der Waals surface area (Å²) >= 11 is 0. The standard InChI is InChI=1S/C7H14O2/c1-2-3-4-5-6-7(8)9/h2,7-9H,1,3-6H2. The summed E-state index contributed by atoms with van der Waals surface area (Å²) in [4.78, 5) is 0. The molecule has 0 heterocycles. The van der Waals surface area contributed by atoms with Crippen LogP contribution in [0.4, 0.5) is 0 Å². The van der Waals surface area contributed by atoms with E-state index in [1.54, 1.807) is 0 Å². The van der Waals surface area contributed by atoms with Gasteiger partial charge in [-0.1, -0.05) is 6.08 Å². The van der Waals surface area contributed by atoms with Crippen LogP contribution >= 0.6 is 0 Å². The molecule has 0 saturated heterocycles. The van der Waals surface area contributed by atoms with Gasteiger partial charge in [-0.05, 0) is 25.7 Å². The summed E-state index contributed by atoms with van der Waals surface area (Å²) in [6.45, 7) is 3.55. The second-order valence-corrected chi connectivity index (χ2v) is 2.05. The molecule has 0 aliphatic rings. The summed E-state index contributed by atoms with van der Waals surface area (Å²) in [5.41, 5.74) is 0. The first-order valence-corrected chi connectivity index (χ1v) is 3.24. The van der Waals surface area contributed by atoms with E-state index in [1.807, 2.05) is 6.08 Å². The highest BCUT2D eigenvalue weighted by Crippen LogP contribution is 2.01. The summed E-state index contributed by atoms with van der Waals surface area (Å²) in [6, 6.07) is 0. The summed E-state index contributed by atoms with van der Waals surface area (Å²) in [5, 5.41) is 16.8. The third kappa shape index (κ3) is 7.66. The van der Waals surface area contributed by atoms with Gasteiger partial charge in [-0.15, -0.1) is 6.58 Å². The van der Waals surface area contributed by atoms with Gasteiger partial charge in [0.05, 0.1) is 0 Å². The second-order valence-electron chi connectivity index (χ2n) is 2.05. The molecule has 54 valence electrons. The van der Waals surface area contributed by atoms with Crippen LogP contribution in [-0.2, 0) is 0 Å². The molecule has 2 heteroatoms. The van der Waals surface area contributed by atoms with Crippen molar-refractivity contribution in [3.05, 3.63) is 12.7 Å². The molecule has 0 amide bonds. The van der Waals surface area contributed by atoms with E-state index >= 15 is 0 Å². The first-order chi connectivity index (χ1) is 4.27. The Kier molecular flexibility index (Phi) is 5.57. The summed E-state index contributed by atoms with van der Waals surface area (Å²) in [5.74, 6) is 0. The van der Waals surface area contributed by atoms with E-state index in [2.05, 4.69) is 6.58 Å². The molecule has 0 bridgehead atoms. The predicted molar refractivity (Wildman–Crippen MR) is 36.9 cm³/mol. The molecule has 2 N–H and O–H groups in total. The summed E-state index contributed by atoms with van der Waals surface area (Å²) in [7, 11) is 0. The Balaban J connectivity index is 2.82. The first-order valence-electron chi connectivity index (χ1n) is 3.24. The van der Waals surface area contributed by atoms with Crippen LogP contribution in [0, 0.1) is 0 Å². The topological polar surface area (TPSA) is 40.5 Å². The van der Waals surface area contributed by atoms with Crippen LogP contribution in [0.2, 0.25) is 0 Å². The van der Waals surface area contributed by atoms with Crippen LogP contribution in [0.3, 0.4) is 0 Å². The van der Waals surface area contributed by atoms with Crippen molar-refractivity contribution in [1.82, 2.24) is 0 Å². The van der Waals surface area contributed by atoms with Crippen molar-refractivity contribution < 1.29 is 10.2 Å². The lowest BCUT2D eigenvalue weighted by Crippen LogP contribution is -2.02. The lowest BCUT2D eigenvalue weighted by Gasteiger charge is -1.99. The fourth-order valence-corrected chi connectivity index (χ4v) is 0.616. The molecule has 0 aliphatic carbocycles. The van der Waals surface area contributed by atoms with Crippen molar-refractivity contribution in [3.63, 3.8) is 0 Å². The molecule has 0 rings (SSSR count). The molecule has 0 aromatic carbocycles. The Labute approximate surface area is 55.8 Å². The normalized spacial score (nSPS) is 10.1. The molecule has 0 saturated carbocycles. The lowest BCUT2D eigenvalue weighted by atomic mass is 10.2. The molecule has 2 nitrogen and oxygen atoms in total. The second kappa shape index (κ2) is 5.79. The van der Waals surface area contributed by atoms with Crippen molar-refractivity contribution in [2.75, 3.05) is 0 Å². The van der Waals surface area contributed by atoms with E-state index in [0.29, 0.717) is 6.42 Å². The van der Waals surface area contributed by atoms with Crippen LogP contribution in [0.25, 0.3) is 0 Å². The zero-order chi connectivity index (χ0) is 7.11. The van der Waals surface area contributed by atoms with Crippen molar-refractivity contribution >= 4 is 0 Å². The third-order valence-corrected chi connectivity index (χ3v) is 1.12. The average Bonchev–Trinajstić information content (AvgIpc) is 1.80. The SMILES string of the molecule is C=CCCCCC(O)O. The summed E-state index contributed by atoms with van der Waals surface area (Å²) in [6.07, 6.45) is 4.02. The summed E-state index contributed by atoms with van der Waals surface area (Å²) < 4.78 is 0. The average molecular weight is 130 g/mol. The highest BCUT2D eigenvalue weighted by atomic mass is 16.5. The van der Waals surface area contributed by atoms with E-state index in [0.717, 1.165) is 19.3 Å². The fraction of sp³-hybridized carbons (Fsp3) is 0.714. The lowest BCUT2D eigenvalue weighted by molar-refractivity contribution is -0.0464. The molecule has 0 atom stereocenters. The van der Waals surface area contributed by atoms with Crippen LogP contribution in [-0.4, -0.2) is 16.5 Å². The largest absolute Gasteiger partial charge is 0.368 e. The van der Waals surface area contributed by atoms with E-state index in [4.69, 9.17) is 10.2 Å². The number of allylic oxidation sites excluding steroid dienone is 1. The van der Waals surface area contributed by atoms with E-state index in [1.165, 1.54) is 0 Å². The minimum Gasteiger partial charge on any atom is -0.368 e. The molecule has 0 radical (unpaired) electrons. The maximum atomic E-state index is 8.38. The molecule has 0 aromatic rings. The van der Waals surface area contributed by atoms with Gasteiger partial charge in [-0.2, -0.15) is 0 Å². The zero-order valence-corrected chi connectivity index (χ0v) is 5.58. The Morgan fingerprint density at radius 1 is 1.33 bits per heavy atom. The molecule has 0 aromatic heterocycles. The molecule has 0 spiro atoms. The van der Waals surface area contributed by atoms with Gasteiger partial charge in [0.25, 0.3) is 0 Å². The van der Waals surface area contributed by atoms with Gasteiger partial charge < -0.3 is 10.2 Å². The Bertz CT molecular complexity index is 69.3.